The number of hydrogen-bond acceptors (Lipinski definition) is 9. The number of para-hydroxylation sites is 1. The van der Waals surface area contributed by atoms with Gasteiger partial charge in [0.05, 0.1) is 21.2 Å². The van der Waals surface area contributed by atoms with E-state index < -0.39 is 10.0 Å². The molecular weight excluding hydrogens is 511 g/mol. The normalized spacial score (nSPS) is 11.4. The molecule has 13 heteroatoms. The topological polar surface area (TPSA) is 147 Å². The lowest BCUT2D eigenvalue weighted by molar-refractivity contribution is 0.598. The molecule has 0 aliphatic rings. The molecule has 3 aromatic carbocycles. The second kappa shape index (κ2) is 10.7. The number of primary sulfonamides is 1. The van der Waals surface area contributed by atoms with Gasteiger partial charge in [0.15, 0.2) is 0 Å². The first-order chi connectivity index (χ1) is 16.8. The van der Waals surface area contributed by atoms with Crippen molar-refractivity contribution in [1.82, 2.24) is 15.0 Å². The van der Waals surface area contributed by atoms with Crippen molar-refractivity contribution < 1.29 is 8.42 Å². The number of rotatable bonds is 8. The first-order valence-electron chi connectivity index (χ1n) is 9.99. The van der Waals surface area contributed by atoms with Crippen molar-refractivity contribution in [2.24, 2.45) is 10.2 Å². The van der Waals surface area contributed by atoms with Gasteiger partial charge >= 0.3 is 0 Å². The average Bonchev–Trinajstić information content (AvgIpc) is 2.81. The smallest absolute Gasteiger partial charge is 0.250 e. The SMILES string of the molecule is NS(=O)(=O)c1ccc(Nc2nc(N/N=C/c3c(Cl)cccc3Cl)nc(Nc3ccccc3)n2)cc1. The van der Waals surface area contributed by atoms with Crippen LogP contribution in [-0.2, 0) is 10.0 Å². The molecule has 0 saturated heterocycles. The summed E-state index contributed by atoms with van der Waals surface area (Å²) in [7, 11) is -3.80. The largest absolute Gasteiger partial charge is 0.324 e. The Morgan fingerprint density at radius 3 is 1.86 bits per heavy atom. The molecule has 0 bridgehead atoms. The molecule has 4 aromatic rings. The summed E-state index contributed by atoms with van der Waals surface area (Å²) in [4.78, 5) is 13.0. The van der Waals surface area contributed by atoms with Gasteiger partial charge in [0, 0.05) is 16.9 Å². The molecular formula is C22H18Cl2N8O2S. The fourth-order valence-corrected chi connectivity index (χ4v) is 3.84. The van der Waals surface area contributed by atoms with Gasteiger partial charge in [0.25, 0.3) is 0 Å². The Balaban J connectivity index is 1.60. The maximum atomic E-state index is 11.5. The second-order valence-corrected chi connectivity index (χ2v) is 9.37. The molecule has 0 unspecified atom stereocenters. The van der Waals surface area contributed by atoms with Crippen LogP contribution in [0.15, 0.2) is 82.8 Å². The lowest BCUT2D eigenvalue weighted by Crippen LogP contribution is -2.12. The summed E-state index contributed by atoms with van der Waals surface area (Å²) in [6.07, 6.45) is 1.46. The number of aromatic nitrogens is 3. The Labute approximate surface area is 211 Å². The second-order valence-electron chi connectivity index (χ2n) is 7.00. The first-order valence-corrected chi connectivity index (χ1v) is 12.3. The quantitative estimate of drug-likeness (QED) is 0.189. The van der Waals surface area contributed by atoms with Crippen LogP contribution in [0.5, 0.6) is 0 Å². The molecule has 0 aliphatic carbocycles. The van der Waals surface area contributed by atoms with Gasteiger partial charge in [-0.15, -0.1) is 0 Å². The highest BCUT2D eigenvalue weighted by molar-refractivity contribution is 7.89. The van der Waals surface area contributed by atoms with E-state index in [1.54, 1.807) is 30.3 Å². The fourth-order valence-electron chi connectivity index (χ4n) is 2.83. The van der Waals surface area contributed by atoms with Crippen LogP contribution in [0.4, 0.5) is 29.2 Å². The van der Waals surface area contributed by atoms with E-state index in [1.165, 1.54) is 18.3 Å². The molecule has 178 valence electrons. The molecule has 1 heterocycles. The molecule has 0 spiro atoms. The molecule has 1 aromatic heterocycles. The number of anilines is 5. The molecule has 10 nitrogen and oxygen atoms in total. The van der Waals surface area contributed by atoms with Crippen LogP contribution in [-0.4, -0.2) is 29.6 Å². The minimum atomic E-state index is -3.80. The van der Waals surface area contributed by atoms with Crippen molar-refractivity contribution in [1.29, 1.82) is 0 Å². The summed E-state index contributed by atoms with van der Waals surface area (Å²) >= 11 is 12.3. The number of sulfonamides is 1. The molecule has 0 radical (unpaired) electrons. The summed E-state index contributed by atoms with van der Waals surface area (Å²) in [5.41, 5.74) is 4.58. The third-order valence-corrected chi connectivity index (χ3v) is 6.05. The Morgan fingerprint density at radius 1 is 0.743 bits per heavy atom. The molecule has 0 atom stereocenters. The van der Waals surface area contributed by atoms with Gasteiger partial charge in [-0.2, -0.15) is 20.1 Å². The Bertz CT molecular complexity index is 1450. The Kier molecular flexibility index (Phi) is 7.42. The maximum absolute atomic E-state index is 11.5. The number of nitrogens with zero attached hydrogens (tertiary/aromatic N) is 4. The van der Waals surface area contributed by atoms with Crippen LogP contribution in [0.3, 0.4) is 0 Å². The maximum Gasteiger partial charge on any atom is 0.250 e. The third kappa shape index (κ3) is 6.64. The molecule has 5 N–H and O–H groups in total. The predicted octanol–water partition coefficient (Wildman–Crippen LogP) is 4.76. The van der Waals surface area contributed by atoms with Crippen LogP contribution in [0, 0.1) is 0 Å². The molecule has 0 fully saturated rings. The van der Waals surface area contributed by atoms with Gasteiger partial charge in [-0.05, 0) is 48.5 Å². The van der Waals surface area contributed by atoms with E-state index in [1.807, 2.05) is 30.3 Å². The Morgan fingerprint density at radius 2 is 1.29 bits per heavy atom. The van der Waals surface area contributed by atoms with Gasteiger partial charge in [0.1, 0.15) is 0 Å². The number of benzene rings is 3. The predicted molar refractivity (Wildman–Crippen MR) is 138 cm³/mol. The standard InChI is InChI=1S/C22H18Cl2N8O2S/c23-18-7-4-8-19(24)17(18)13-26-32-22-30-20(27-14-5-2-1-3-6-14)29-21(31-22)28-15-9-11-16(12-10-15)35(25,33)34/h1-13H,(H2,25,33,34)(H3,27,28,29,30,31,32)/b26-13+. The van der Waals surface area contributed by atoms with E-state index >= 15 is 0 Å². The van der Waals surface area contributed by atoms with Crippen LogP contribution in [0.1, 0.15) is 5.56 Å². The monoisotopic (exact) mass is 528 g/mol. The van der Waals surface area contributed by atoms with Gasteiger partial charge in [-0.1, -0.05) is 47.5 Å². The summed E-state index contributed by atoms with van der Waals surface area (Å²) in [6, 6.07) is 20.3. The van der Waals surface area contributed by atoms with E-state index in [2.05, 4.69) is 36.1 Å². The van der Waals surface area contributed by atoms with Crippen LogP contribution >= 0.6 is 23.2 Å². The van der Waals surface area contributed by atoms with Crippen molar-refractivity contribution in [3.05, 3.63) is 88.4 Å². The molecule has 4 rings (SSSR count). The highest BCUT2D eigenvalue weighted by Crippen LogP contribution is 2.23. The highest BCUT2D eigenvalue weighted by Gasteiger charge is 2.10. The van der Waals surface area contributed by atoms with E-state index in [0.29, 0.717) is 21.3 Å². The van der Waals surface area contributed by atoms with Gasteiger partial charge < -0.3 is 10.6 Å². The van der Waals surface area contributed by atoms with E-state index in [4.69, 9.17) is 28.3 Å². The lowest BCUT2D eigenvalue weighted by atomic mass is 10.2. The average molecular weight is 529 g/mol. The first kappa shape index (κ1) is 24.4. The summed E-state index contributed by atoms with van der Waals surface area (Å²) in [5, 5.41) is 16.3. The van der Waals surface area contributed by atoms with E-state index in [9.17, 15) is 8.42 Å². The lowest BCUT2D eigenvalue weighted by Gasteiger charge is -2.10. The van der Waals surface area contributed by atoms with Gasteiger partial charge in [-0.3, -0.25) is 0 Å². The number of hydrazone groups is 1. The summed E-state index contributed by atoms with van der Waals surface area (Å²) in [5.74, 6) is 0.542. The van der Waals surface area contributed by atoms with E-state index in [0.717, 1.165) is 5.69 Å². The number of halogens is 2. The van der Waals surface area contributed by atoms with E-state index in [-0.39, 0.29) is 22.7 Å². The molecule has 0 amide bonds. The van der Waals surface area contributed by atoms with Crippen LogP contribution < -0.4 is 21.2 Å². The van der Waals surface area contributed by atoms with Crippen molar-refractivity contribution in [3.63, 3.8) is 0 Å². The van der Waals surface area contributed by atoms with Gasteiger partial charge in [0.2, 0.25) is 27.9 Å². The zero-order chi connectivity index (χ0) is 24.8. The van der Waals surface area contributed by atoms with Crippen molar-refractivity contribution in [2.75, 3.05) is 16.1 Å². The highest BCUT2D eigenvalue weighted by atomic mass is 35.5. The summed E-state index contributed by atoms with van der Waals surface area (Å²) in [6.45, 7) is 0. The zero-order valence-corrected chi connectivity index (χ0v) is 20.2. The zero-order valence-electron chi connectivity index (χ0n) is 17.9. The number of hydrogen-bond donors (Lipinski definition) is 4. The fraction of sp³-hybridized carbons (Fsp3) is 0. The van der Waals surface area contributed by atoms with Crippen LogP contribution in [0.25, 0.3) is 0 Å². The molecule has 35 heavy (non-hydrogen) atoms. The van der Waals surface area contributed by atoms with Gasteiger partial charge in [-0.25, -0.2) is 19.0 Å². The van der Waals surface area contributed by atoms with Crippen molar-refractivity contribution >= 4 is 68.7 Å². The number of nitrogens with one attached hydrogen (secondary N) is 3. The minimum absolute atomic E-state index is 0.0138. The number of nitrogens with two attached hydrogens (primary N) is 1. The molecule has 0 aliphatic heterocycles. The third-order valence-electron chi connectivity index (χ3n) is 4.46. The minimum Gasteiger partial charge on any atom is -0.324 e. The van der Waals surface area contributed by atoms with Crippen molar-refractivity contribution in [3.8, 4) is 0 Å². The van der Waals surface area contributed by atoms with Crippen molar-refractivity contribution in [2.45, 2.75) is 4.90 Å². The summed E-state index contributed by atoms with van der Waals surface area (Å²) < 4.78 is 23.0. The molecule has 0 saturated carbocycles. The Hall–Kier alpha value is -3.77. The van der Waals surface area contributed by atoms with Crippen LogP contribution in [0.2, 0.25) is 10.0 Å².